The SMILES string of the molecule is C=CCCCCCCOC(=O)c1cccc(S(=O)(=O)[O-])c1C(=O)OCCCCCCC=C.[K+]. The molecule has 1 rings (SSSR count). The van der Waals surface area contributed by atoms with E-state index < -0.39 is 32.5 Å². The van der Waals surface area contributed by atoms with Crippen LogP contribution in [0.3, 0.4) is 0 Å². The fourth-order valence-corrected chi connectivity index (χ4v) is 3.78. The van der Waals surface area contributed by atoms with Crippen LogP contribution in [-0.4, -0.2) is 38.1 Å². The molecule has 0 radical (unpaired) electrons. The first-order valence-electron chi connectivity index (χ1n) is 11.0. The van der Waals surface area contributed by atoms with Gasteiger partial charge in [0.2, 0.25) is 0 Å². The molecule has 9 heteroatoms. The molecule has 1 aromatic rings. The standard InChI is InChI=1S/C24H34O7S.K/c1-3-5-7-9-11-13-18-30-23(25)20-16-15-17-21(32(27,28)29)22(20)24(26)31-19-14-12-10-8-6-4-2;/h3-4,15-17H,1-2,5-14,18-19H2,(H,27,28,29);/q;+1/p-1. The first-order chi connectivity index (χ1) is 15.3. The van der Waals surface area contributed by atoms with Crippen LogP contribution < -0.4 is 51.4 Å². The Morgan fingerprint density at radius 2 is 1.30 bits per heavy atom. The molecule has 0 aromatic heterocycles. The number of hydrogen-bond donors (Lipinski definition) is 0. The van der Waals surface area contributed by atoms with E-state index in [2.05, 4.69) is 13.2 Å². The van der Waals surface area contributed by atoms with Crippen LogP contribution in [0.15, 0.2) is 48.4 Å². The van der Waals surface area contributed by atoms with Crippen LogP contribution in [0, 0.1) is 0 Å². The molecule has 0 saturated heterocycles. The van der Waals surface area contributed by atoms with Gasteiger partial charge in [-0.3, -0.25) is 0 Å². The Labute approximate surface area is 240 Å². The molecule has 0 bridgehead atoms. The van der Waals surface area contributed by atoms with E-state index in [0.717, 1.165) is 57.4 Å². The summed E-state index contributed by atoms with van der Waals surface area (Å²) in [7, 11) is -4.99. The molecule has 0 saturated carbocycles. The molecule has 7 nitrogen and oxygen atoms in total. The molecule has 0 aliphatic rings. The van der Waals surface area contributed by atoms with Crippen molar-refractivity contribution in [3.8, 4) is 0 Å². The predicted octanol–water partition coefficient (Wildman–Crippen LogP) is 2.18. The van der Waals surface area contributed by atoms with E-state index in [9.17, 15) is 22.6 Å². The van der Waals surface area contributed by atoms with Crippen molar-refractivity contribution >= 4 is 22.1 Å². The summed E-state index contributed by atoms with van der Waals surface area (Å²) in [6.07, 6.45) is 12.3. The summed E-state index contributed by atoms with van der Waals surface area (Å²) in [6, 6.07) is 3.48. The maximum atomic E-state index is 12.6. The quantitative estimate of drug-likeness (QED) is 0.105. The Kier molecular flexibility index (Phi) is 18.0. The van der Waals surface area contributed by atoms with Crippen LogP contribution in [0.4, 0.5) is 0 Å². The van der Waals surface area contributed by atoms with Gasteiger partial charge in [-0.15, -0.1) is 13.2 Å². The second-order valence-corrected chi connectivity index (χ2v) is 8.74. The summed E-state index contributed by atoms with van der Waals surface area (Å²) in [5, 5.41) is 0. The fraction of sp³-hybridized carbons (Fsp3) is 0.500. The predicted molar refractivity (Wildman–Crippen MR) is 122 cm³/mol. The van der Waals surface area contributed by atoms with Gasteiger partial charge in [0.05, 0.1) is 29.2 Å². The minimum Gasteiger partial charge on any atom is -0.744 e. The van der Waals surface area contributed by atoms with Gasteiger partial charge in [-0.25, -0.2) is 18.0 Å². The zero-order valence-electron chi connectivity index (χ0n) is 19.6. The van der Waals surface area contributed by atoms with E-state index in [4.69, 9.17) is 9.47 Å². The Balaban J connectivity index is 0.0000102. The molecular formula is C24H33KO7S. The van der Waals surface area contributed by atoms with Crippen molar-refractivity contribution in [1.29, 1.82) is 0 Å². The number of esters is 2. The Morgan fingerprint density at radius 1 is 0.818 bits per heavy atom. The van der Waals surface area contributed by atoms with E-state index in [1.165, 1.54) is 12.1 Å². The van der Waals surface area contributed by atoms with Gasteiger partial charge < -0.3 is 14.0 Å². The zero-order chi connectivity index (χ0) is 23.8. The van der Waals surface area contributed by atoms with E-state index in [0.29, 0.717) is 12.8 Å². The zero-order valence-corrected chi connectivity index (χ0v) is 23.5. The summed E-state index contributed by atoms with van der Waals surface area (Å²) < 4.78 is 45.4. The Hall–Kier alpha value is -0.814. The van der Waals surface area contributed by atoms with Crippen molar-refractivity contribution < 1.29 is 83.4 Å². The second-order valence-electron chi connectivity index (χ2n) is 7.39. The van der Waals surface area contributed by atoms with Gasteiger partial charge in [-0.2, -0.15) is 0 Å². The average molecular weight is 505 g/mol. The van der Waals surface area contributed by atoms with Crippen molar-refractivity contribution in [3.63, 3.8) is 0 Å². The van der Waals surface area contributed by atoms with Gasteiger partial charge in [0, 0.05) is 0 Å². The van der Waals surface area contributed by atoms with Gasteiger partial charge in [0.25, 0.3) is 0 Å². The molecule has 0 amide bonds. The Bertz CT molecular complexity index is 866. The molecule has 33 heavy (non-hydrogen) atoms. The van der Waals surface area contributed by atoms with E-state index >= 15 is 0 Å². The van der Waals surface area contributed by atoms with Crippen LogP contribution in [0.1, 0.15) is 84.9 Å². The second kappa shape index (κ2) is 18.5. The molecule has 0 heterocycles. The van der Waals surface area contributed by atoms with Gasteiger partial charge in [0.1, 0.15) is 10.1 Å². The van der Waals surface area contributed by atoms with E-state index in [1.807, 2.05) is 12.2 Å². The molecule has 0 fully saturated rings. The number of rotatable bonds is 17. The van der Waals surface area contributed by atoms with Crippen LogP contribution in [-0.2, 0) is 19.6 Å². The Morgan fingerprint density at radius 3 is 1.79 bits per heavy atom. The molecule has 0 aliphatic carbocycles. The molecule has 0 unspecified atom stereocenters. The monoisotopic (exact) mass is 504 g/mol. The molecule has 178 valence electrons. The summed E-state index contributed by atoms with van der Waals surface area (Å²) >= 11 is 0. The summed E-state index contributed by atoms with van der Waals surface area (Å²) in [6.45, 7) is 7.50. The molecule has 0 spiro atoms. The van der Waals surface area contributed by atoms with E-state index in [1.54, 1.807) is 0 Å². The third-order valence-electron chi connectivity index (χ3n) is 4.79. The maximum absolute atomic E-state index is 12.6. The third-order valence-corrected chi connectivity index (χ3v) is 5.67. The van der Waals surface area contributed by atoms with Crippen molar-refractivity contribution in [2.24, 2.45) is 0 Å². The minimum atomic E-state index is -4.99. The molecule has 0 N–H and O–H groups in total. The number of hydrogen-bond acceptors (Lipinski definition) is 7. The number of allylic oxidation sites excluding steroid dienone is 2. The van der Waals surface area contributed by atoms with E-state index in [-0.39, 0.29) is 70.2 Å². The van der Waals surface area contributed by atoms with Crippen LogP contribution in [0.25, 0.3) is 0 Å². The number of ether oxygens (including phenoxy) is 2. The summed E-state index contributed by atoms with van der Waals surface area (Å²) in [5.74, 6) is -1.89. The van der Waals surface area contributed by atoms with Gasteiger partial charge in [-0.05, 0) is 50.7 Å². The van der Waals surface area contributed by atoms with Gasteiger partial charge in [-0.1, -0.05) is 43.9 Å². The van der Waals surface area contributed by atoms with Crippen LogP contribution in [0.5, 0.6) is 0 Å². The minimum absolute atomic E-state index is 0. The molecule has 1 aromatic carbocycles. The average Bonchev–Trinajstić information content (AvgIpc) is 2.76. The fourth-order valence-electron chi connectivity index (χ4n) is 3.09. The largest absolute Gasteiger partial charge is 1.00 e. The first-order valence-corrected chi connectivity index (χ1v) is 12.4. The summed E-state index contributed by atoms with van der Waals surface area (Å²) in [5.41, 5.74) is -0.852. The smallest absolute Gasteiger partial charge is 0.744 e. The van der Waals surface area contributed by atoms with Crippen molar-refractivity contribution in [2.75, 3.05) is 13.2 Å². The normalized spacial score (nSPS) is 10.7. The maximum Gasteiger partial charge on any atom is 1.00 e. The number of carbonyl (C=O) groups excluding carboxylic acids is 2. The van der Waals surface area contributed by atoms with Crippen LogP contribution in [0.2, 0.25) is 0 Å². The number of carbonyl (C=O) groups is 2. The number of benzene rings is 1. The van der Waals surface area contributed by atoms with Crippen molar-refractivity contribution in [1.82, 2.24) is 0 Å². The number of unbranched alkanes of at least 4 members (excludes halogenated alkanes) is 8. The van der Waals surface area contributed by atoms with Crippen molar-refractivity contribution in [3.05, 3.63) is 54.6 Å². The van der Waals surface area contributed by atoms with Gasteiger partial charge in [0.15, 0.2) is 0 Å². The summed E-state index contributed by atoms with van der Waals surface area (Å²) in [4.78, 5) is 24.3. The molecule has 0 aliphatic heterocycles. The first kappa shape index (κ1) is 32.2. The third kappa shape index (κ3) is 13.0. The molecule has 0 atom stereocenters. The van der Waals surface area contributed by atoms with Gasteiger partial charge >= 0.3 is 63.3 Å². The van der Waals surface area contributed by atoms with Crippen LogP contribution >= 0.6 is 0 Å². The molecular weight excluding hydrogens is 471 g/mol. The topological polar surface area (TPSA) is 110 Å². The van der Waals surface area contributed by atoms with Crippen molar-refractivity contribution in [2.45, 2.75) is 69.1 Å².